The first-order valence-electron chi connectivity index (χ1n) is 6.94. The van der Waals surface area contributed by atoms with Crippen LogP contribution in [0.5, 0.6) is 0 Å². The predicted molar refractivity (Wildman–Crippen MR) is 76.7 cm³/mol. The van der Waals surface area contributed by atoms with Gasteiger partial charge >= 0.3 is 0 Å². The first kappa shape index (κ1) is 13.5. The van der Waals surface area contributed by atoms with Gasteiger partial charge in [-0.2, -0.15) is 0 Å². The van der Waals surface area contributed by atoms with Gasteiger partial charge in [-0.1, -0.05) is 6.42 Å². The van der Waals surface area contributed by atoms with Crippen molar-refractivity contribution < 1.29 is 8.42 Å². The molecule has 0 atom stereocenters. The van der Waals surface area contributed by atoms with E-state index >= 15 is 0 Å². The summed E-state index contributed by atoms with van der Waals surface area (Å²) in [7, 11) is -3.29. The summed E-state index contributed by atoms with van der Waals surface area (Å²) in [5.41, 5.74) is 1.07. The van der Waals surface area contributed by atoms with Gasteiger partial charge in [-0.15, -0.1) is 11.3 Å². The number of nitrogens with one attached hydrogen (secondary N) is 2. The molecule has 0 radical (unpaired) electrons. The summed E-state index contributed by atoms with van der Waals surface area (Å²) in [6, 6.07) is 2.44. The smallest absolute Gasteiger partial charge is 0.250 e. The summed E-state index contributed by atoms with van der Waals surface area (Å²) >= 11 is 1.32. The maximum atomic E-state index is 12.1. The molecule has 2 N–H and O–H groups in total. The Morgan fingerprint density at radius 1 is 1.26 bits per heavy atom. The second-order valence-electron chi connectivity index (χ2n) is 5.58. The predicted octanol–water partition coefficient (Wildman–Crippen LogP) is 2.08. The van der Waals surface area contributed by atoms with Crippen LogP contribution in [0.25, 0.3) is 0 Å². The van der Waals surface area contributed by atoms with Crippen molar-refractivity contribution in [1.29, 1.82) is 0 Å². The van der Waals surface area contributed by atoms with Gasteiger partial charge in [0.15, 0.2) is 0 Å². The molecule has 1 aromatic rings. The average molecular weight is 300 g/mol. The molecule has 0 bridgehead atoms. The summed E-state index contributed by atoms with van der Waals surface area (Å²) in [4.78, 5) is 0. The molecule has 2 fully saturated rings. The van der Waals surface area contributed by atoms with Crippen LogP contribution in [-0.4, -0.2) is 21.0 Å². The fourth-order valence-electron chi connectivity index (χ4n) is 2.13. The van der Waals surface area contributed by atoms with Crippen molar-refractivity contribution in [3.8, 4) is 0 Å². The molecule has 2 aliphatic carbocycles. The Morgan fingerprint density at radius 2 is 2.05 bits per heavy atom. The van der Waals surface area contributed by atoms with Crippen molar-refractivity contribution >= 4 is 21.4 Å². The molecule has 0 aliphatic heterocycles. The molecule has 6 heteroatoms. The van der Waals surface area contributed by atoms with Crippen LogP contribution in [0.3, 0.4) is 0 Å². The third-order valence-corrected chi connectivity index (χ3v) is 6.77. The van der Waals surface area contributed by atoms with Crippen molar-refractivity contribution in [3.63, 3.8) is 0 Å². The highest BCUT2D eigenvalue weighted by atomic mass is 32.2. The lowest BCUT2D eigenvalue weighted by molar-refractivity contribution is 0.316. The van der Waals surface area contributed by atoms with Crippen LogP contribution < -0.4 is 10.0 Å². The molecule has 1 aromatic heterocycles. The quantitative estimate of drug-likeness (QED) is 0.810. The first-order valence-corrected chi connectivity index (χ1v) is 9.30. The maximum absolute atomic E-state index is 12.1. The molecular formula is C13H20N2O2S2. The number of sulfonamides is 1. The second-order valence-corrected chi connectivity index (χ2v) is 8.48. The minimum absolute atomic E-state index is 0.444. The van der Waals surface area contributed by atoms with Crippen molar-refractivity contribution in [2.75, 3.05) is 6.54 Å². The van der Waals surface area contributed by atoms with Crippen molar-refractivity contribution in [3.05, 3.63) is 17.0 Å². The van der Waals surface area contributed by atoms with E-state index in [1.165, 1.54) is 30.6 Å². The van der Waals surface area contributed by atoms with Gasteiger partial charge in [-0.25, -0.2) is 13.1 Å². The molecule has 0 amide bonds. The van der Waals surface area contributed by atoms with Crippen molar-refractivity contribution in [2.45, 2.75) is 48.9 Å². The molecule has 106 valence electrons. The van der Waals surface area contributed by atoms with E-state index in [1.54, 1.807) is 6.07 Å². The van der Waals surface area contributed by atoms with E-state index in [-0.39, 0.29) is 0 Å². The molecule has 2 saturated carbocycles. The van der Waals surface area contributed by atoms with E-state index in [4.69, 9.17) is 0 Å². The Hall–Kier alpha value is -0.430. The highest BCUT2D eigenvalue weighted by Crippen LogP contribution is 2.27. The zero-order chi connectivity index (χ0) is 13.3. The lowest BCUT2D eigenvalue weighted by atomic mass is 9.86. The van der Waals surface area contributed by atoms with Gasteiger partial charge in [0.05, 0.1) is 0 Å². The van der Waals surface area contributed by atoms with E-state index in [9.17, 15) is 8.42 Å². The second kappa shape index (κ2) is 5.52. The van der Waals surface area contributed by atoms with Gasteiger partial charge in [0.2, 0.25) is 10.0 Å². The number of rotatable bonds is 7. The number of hydrogen-bond acceptors (Lipinski definition) is 4. The largest absolute Gasteiger partial charge is 0.310 e. The average Bonchev–Trinajstić information content (AvgIpc) is 3.01. The number of hydrogen-bond donors (Lipinski definition) is 2. The van der Waals surface area contributed by atoms with Crippen LogP contribution in [0.15, 0.2) is 15.7 Å². The van der Waals surface area contributed by atoms with Crippen LogP contribution >= 0.6 is 11.3 Å². The normalized spacial score (nSPS) is 20.4. The fourth-order valence-corrected chi connectivity index (χ4v) is 4.50. The molecule has 0 aromatic carbocycles. The Bertz CT molecular complexity index is 531. The summed E-state index contributed by atoms with van der Waals surface area (Å²) in [5.74, 6) is 0.547. The summed E-state index contributed by atoms with van der Waals surface area (Å²) < 4.78 is 27.4. The molecular weight excluding hydrogens is 280 g/mol. The first-order chi connectivity index (χ1) is 9.13. The summed E-state index contributed by atoms with van der Waals surface area (Å²) in [5, 5.41) is 5.34. The minimum Gasteiger partial charge on any atom is -0.310 e. The third-order valence-electron chi connectivity index (χ3n) is 3.85. The molecule has 4 nitrogen and oxygen atoms in total. The van der Waals surface area contributed by atoms with Crippen LogP contribution in [-0.2, 0) is 16.6 Å². The maximum Gasteiger partial charge on any atom is 0.250 e. The van der Waals surface area contributed by atoms with Crippen molar-refractivity contribution in [1.82, 2.24) is 10.0 Å². The fraction of sp³-hybridized carbons (Fsp3) is 0.692. The standard InChI is InChI=1S/C13H20N2O2S2/c16-19(17,15-8-10-2-1-3-10)13-6-11(9-18-13)7-14-12-4-5-12/h6,9-10,12,14-15H,1-5,7-8H2. The summed E-state index contributed by atoms with van der Waals surface area (Å²) in [6.45, 7) is 1.37. The Kier molecular flexibility index (Phi) is 3.93. The van der Waals surface area contributed by atoms with E-state index in [1.807, 2.05) is 5.38 Å². The van der Waals surface area contributed by atoms with E-state index in [2.05, 4.69) is 10.0 Å². The SMILES string of the molecule is O=S(=O)(NCC1CCC1)c1cc(CNC2CC2)cs1. The van der Waals surface area contributed by atoms with E-state index in [0.29, 0.717) is 22.7 Å². The van der Waals surface area contributed by atoms with Gasteiger partial charge in [0.1, 0.15) is 4.21 Å². The highest BCUT2D eigenvalue weighted by Gasteiger charge is 2.23. The van der Waals surface area contributed by atoms with Crippen molar-refractivity contribution in [2.24, 2.45) is 5.92 Å². The van der Waals surface area contributed by atoms with Gasteiger partial charge in [-0.05, 0) is 48.6 Å². The zero-order valence-electron chi connectivity index (χ0n) is 10.9. The molecule has 2 aliphatic rings. The number of thiophene rings is 1. The monoisotopic (exact) mass is 300 g/mol. The van der Waals surface area contributed by atoms with Gasteiger partial charge in [0, 0.05) is 19.1 Å². The topological polar surface area (TPSA) is 58.2 Å². The molecule has 19 heavy (non-hydrogen) atoms. The molecule has 3 rings (SSSR count). The van der Waals surface area contributed by atoms with Crippen LogP contribution in [0.1, 0.15) is 37.7 Å². The van der Waals surface area contributed by atoms with E-state index in [0.717, 1.165) is 24.9 Å². The Labute approximate surface area is 118 Å². The Morgan fingerprint density at radius 3 is 2.68 bits per heavy atom. The van der Waals surface area contributed by atoms with Gasteiger partial charge in [0.25, 0.3) is 0 Å². The van der Waals surface area contributed by atoms with Crippen LogP contribution in [0, 0.1) is 5.92 Å². The summed E-state index contributed by atoms with van der Waals surface area (Å²) in [6.07, 6.45) is 6.05. The molecule has 0 unspecified atom stereocenters. The molecule has 0 spiro atoms. The van der Waals surface area contributed by atoms with Crippen LogP contribution in [0.2, 0.25) is 0 Å². The van der Waals surface area contributed by atoms with E-state index < -0.39 is 10.0 Å². The lowest BCUT2D eigenvalue weighted by Crippen LogP contribution is -2.31. The molecule has 1 heterocycles. The third kappa shape index (κ3) is 3.56. The van der Waals surface area contributed by atoms with Gasteiger partial charge < -0.3 is 5.32 Å². The lowest BCUT2D eigenvalue weighted by Gasteiger charge is -2.25. The molecule has 0 saturated heterocycles. The highest BCUT2D eigenvalue weighted by molar-refractivity contribution is 7.91. The zero-order valence-corrected chi connectivity index (χ0v) is 12.5. The Balaban J connectivity index is 1.56. The minimum atomic E-state index is -3.29. The van der Waals surface area contributed by atoms with Crippen LogP contribution in [0.4, 0.5) is 0 Å². The van der Waals surface area contributed by atoms with Gasteiger partial charge in [-0.3, -0.25) is 0 Å².